The molecule has 2 aromatic rings. The van der Waals surface area contributed by atoms with Crippen LogP contribution in [0.2, 0.25) is 0 Å². The van der Waals surface area contributed by atoms with E-state index in [1.165, 1.54) is 16.7 Å². The number of pyridine rings is 1. The van der Waals surface area contributed by atoms with Crippen LogP contribution in [0.4, 0.5) is 0 Å². The average Bonchev–Trinajstić information content (AvgIpc) is 2.97. The van der Waals surface area contributed by atoms with Gasteiger partial charge in [0.25, 0.3) is 0 Å². The third-order valence-corrected chi connectivity index (χ3v) is 4.33. The molecule has 1 aromatic heterocycles. The Hall–Kier alpha value is -2.16. The summed E-state index contributed by atoms with van der Waals surface area (Å²) in [5.41, 5.74) is 4.96. The van der Waals surface area contributed by atoms with Crippen molar-refractivity contribution in [2.45, 2.75) is 32.6 Å². The molecular formula is C19H22N2O. The second kappa shape index (κ2) is 6.30. The number of carbonyl (C=O) groups excluding carboxylic acids is 1. The highest BCUT2D eigenvalue weighted by Gasteiger charge is 2.27. The Morgan fingerprint density at radius 3 is 2.73 bits per heavy atom. The molecule has 2 heterocycles. The van der Waals surface area contributed by atoms with Gasteiger partial charge in [-0.05, 0) is 37.5 Å². The number of likely N-dealkylation sites (tertiary alicyclic amines) is 1. The second-order valence-corrected chi connectivity index (χ2v) is 6.28. The first-order valence-corrected chi connectivity index (χ1v) is 7.86. The molecule has 3 nitrogen and oxygen atoms in total. The molecule has 1 amide bonds. The van der Waals surface area contributed by atoms with Crippen molar-refractivity contribution in [1.29, 1.82) is 0 Å². The monoisotopic (exact) mass is 294 g/mol. The molecule has 1 saturated heterocycles. The summed E-state index contributed by atoms with van der Waals surface area (Å²) in [5.74, 6) is 0.677. The van der Waals surface area contributed by atoms with E-state index in [0.29, 0.717) is 12.3 Å². The zero-order valence-electron chi connectivity index (χ0n) is 13.2. The summed E-state index contributed by atoms with van der Waals surface area (Å²) in [4.78, 5) is 18.5. The molecule has 1 aliphatic heterocycles. The van der Waals surface area contributed by atoms with Crippen LogP contribution in [-0.4, -0.2) is 28.9 Å². The van der Waals surface area contributed by atoms with Gasteiger partial charge in [0.15, 0.2) is 0 Å². The summed E-state index contributed by atoms with van der Waals surface area (Å²) in [6, 6.07) is 10.6. The molecule has 0 saturated carbocycles. The van der Waals surface area contributed by atoms with Crippen molar-refractivity contribution < 1.29 is 4.79 Å². The highest BCUT2D eigenvalue weighted by atomic mass is 16.2. The second-order valence-electron chi connectivity index (χ2n) is 6.28. The number of rotatable bonds is 3. The van der Waals surface area contributed by atoms with Crippen LogP contribution in [0.15, 0.2) is 42.7 Å². The fraction of sp³-hybridized carbons (Fsp3) is 0.368. The van der Waals surface area contributed by atoms with Crippen molar-refractivity contribution in [3.63, 3.8) is 0 Å². The quantitative estimate of drug-likeness (QED) is 0.870. The van der Waals surface area contributed by atoms with Crippen LogP contribution in [0.3, 0.4) is 0 Å². The first-order valence-electron chi connectivity index (χ1n) is 7.86. The first kappa shape index (κ1) is 14.8. The molecule has 22 heavy (non-hydrogen) atoms. The summed E-state index contributed by atoms with van der Waals surface area (Å²) >= 11 is 0. The Labute approximate surface area is 132 Å². The molecule has 1 unspecified atom stereocenters. The molecule has 0 N–H and O–H groups in total. The summed E-state index contributed by atoms with van der Waals surface area (Å²) < 4.78 is 0. The smallest absolute Gasteiger partial charge is 0.227 e. The van der Waals surface area contributed by atoms with Gasteiger partial charge in [-0.3, -0.25) is 9.78 Å². The van der Waals surface area contributed by atoms with Crippen molar-refractivity contribution in [2.75, 3.05) is 13.1 Å². The molecule has 0 spiro atoms. The van der Waals surface area contributed by atoms with Gasteiger partial charge in [-0.1, -0.05) is 35.4 Å². The fourth-order valence-corrected chi connectivity index (χ4v) is 3.29. The van der Waals surface area contributed by atoms with Crippen molar-refractivity contribution in [2.24, 2.45) is 0 Å². The molecular weight excluding hydrogens is 272 g/mol. The zero-order valence-corrected chi connectivity index (χ0v) is 13.2. The maximum Gasteiger partial charge on any atom is 0.227 e. The Kier molecular flexibility index (Phi) is 4.23. The van der Waals surface area contributed by atoms with E-state index in [4.69, 9.17) is 0 Å². The van der Waals surface area contributed by atoms with Crippen molar-refractivity contribution >= 4 is 5.91 Å². The lowest BCUT2D eigenvalue weighted by Gasteiger charge is -2.17. The fourth-order valence-electron chi connectivity index (χ4n) is 3.29. The van der Waals surface area contributed by atoms with Crippen LogP contribution < -0.4 is 0 Å². The van der Waals surface area contributed by atoms with Gasteiger partial charge in [-0.25, -0.2) is 0 Å². The van der Waals surface area contributed by atoms with E-state index in [0.717, 1.165) is 25.1 Å². The van der Waals surface area contributed by atoms with Crippen LogP contribution in [0.5, 0.6) is 0 Å². The van der Waals surface area contributed by atoms with Gasteiger partial charge < -0.3 is 4.90 Å². The van der Waals surface area contributed by atoms with E-state index in [2.05, 4.69) is 37.0 Å². The number of benzene rings is 1. The normalized spacial score (nSPS) is 17.7. The van der Waals surface area contributed by atoms with E-state index >= 15 is 0 Å². The Morgan fingerprint density at radius 2 is 2.05 bits per heavy atom. The molecule has 1 atom stereocenters. The predicted octanol–water partition coefficient (Wildman–Crippen LogP) is 3.26. The molecule has 3 heteroatoms. The van der Waals surface area contributed by atoms with Gasteiger partial charge in [0.1, 0.15) is 0 Å². The number of amides is 1. The number of aromatic nitrogens is 1. The molecule has 1 aliphatic rings. The van der Waals surface area contributed by atoms with Crippen molar-refractivity contribution in [3.8, 4) is 0 Å². The van der Waals surface area contributed by atoms with Crippen molar-refractivity contribution in [3.05, 3.63) is 65.0 Å². The van der Waals surface area contributed by atoms with Crippen LogP contribution in [0.25, 0.3) is 0 Å². The first-order chi connectivity index (χ1) is 10.6. The number of aryl methyl sites for hydroxylation is 2. The van der Waals surface area contributed by atoms with E-state index in [1.54, 1.807) is 12.4 Å². The SMILES string of the molecule is Cc1cc(C)cc(C2CCN(C(=O)Cc3cccnc3)C2)c1. The third-order valence-electron chi connectivity index (χ3n) is 4.33. The van der Waals surface area contributed by atoms with Crippen LogP contribution in [0.1, 0.15) is 34.6 Å². The summed E-state index contributed by atoms with van der Waals surface area (Å²) in [7, 11) is 0. The van der Waals surface area contributed by atoms with E-state index in [9.17, 15) is 4.79 Å². The average molecular weight is 294 g/mol. The van der Waals surface area contributed by atoms with Crippen LogP contribution >= 0.6 is 0 Å². The molecule has 3 rings (SSSR count). The largest absolute Gasteiger partial charge is 0.342 e. The summed E-state index contributed by atoms with van der Waals surface area (Å²) in [6.07, 6.45) is 5.02. The summed E-state index contributed by atoms with van der Waals surface area (Å²) in [6.45, 7) is 5.96. The lowest BCUT2D eigenvalue weighted by molar-refractivity contribution is -0.129. The van der Waals surface area contributed by atoms with E-state index in [1.807, 2.05) is 17.0 Å². The minimum Gasteiger partial charge on any atom is -0.342 e. The number of carbonyl (C=O) groups is 1. The molecule has 1 fully saturated rings. The molecule has 114 valence electrons. The Balaban J connectivity index is 1.65. The Bertz CT molecular complexity index is 646. The van der Waals surface area contributed by atoms with E-state index < -0.39 is 0 Å². The molecule has 0 bridgehead atoms. The zero-order chi connectivity index (χ0) is 15.5. The maximum atomic E-state index is 12.4. The molecule has 0 aliphatic carbocycles. The van der Waals surface area contributed by atoms with Crippen molar-refractivity contribution in [1.82, 2.24) is 9.88 Å². The highest BCUT2D eigenvalue weighted by Crippen LogP contribution is 2.28. The summed E-state index contributed by atoms with van der Waals surface area (Å²) in [5, 5.41) is 0. The minimum absolute atomic E-state index is 0.208. The number of nitrogens with zero attached hydrogens (tertiary/aromatic N) is 2. The molecule has 0 radical (unpaired) electrons. The minimum atomic E-state index is 0.208. The Morgan fingerprint density at radius 1 is 1.27 bits per heavy atom. The van der Waals surface area contributed by atoms with Gasteiger partial charge in [0.2, 0.25) is 5.91 Å². The molecule has 1 aromatic carbocycles. The topological polar surface area (TPSA) is 33.2 Å². The van der Waals surface area contributed by atoms with Crippen LogP contribution in [0, 0.1) is 13.8 Å². The van der Waals surface area contributed by atoms with Gasteiger partial charge in [0, 0.05) is 31.4 Å². The third kappa shape index (κ3) is 3.35. The van der Waals surface area contributed by atoms with Gasteiger partial charge >= 0.3 is 0 Å². The lowest BCUT2D eigenvalue weighted by Crippen LogP contribution is -2.29. The predicted molar refractivity (Wildman–Crippen MR) is 87.8 cm³/mol. The van der Waals surface area contributed by atoms with Gasteiger partial charge in [-0.2, -0.15) is 0 Å². The van der Waals surface area contributed by atoms with E-state index in [-0.39, 0.29) is 5.91 Å². The standard InChI is InChI=1S/C19H22N2O/c1-14-8-15(2)10-18(9-14)17-5-7-21(13-17)19(22)11-16-4-3-6-20-12-16/h3-4,6,8-10,12,17H,5,7,11,13H2,1-2H3. The maximum absolute atomic E-state index is 12.4. The highest BCUT2D eigenvalue weighted by molar-refractivity contribution is 5.79. The van der Waals surface area contributed by atoms with Gasteiger partial charge in [0.05, 0.1) is 6.42 Å². The van der Waals surface area contributed by atoms with Gasteiger partial charge in [-0.15, -0.1) is 0 Å². The number of hydrogen-bond donors (Lipinski definition) is 0. The number of hydrogen-bond acceptors (Lipinski definition) is 2. The lowest BCUT2D eigenvalue weighted by atomic mass is 9.95. The van der Waals surface area contributed by atoms with Crippen LogP contribution in [-0.2, 0) is 11.2 Å².